The molecule has 1 atom stereocenters. The van der Waals surface area contributed by atoms with Crippen LogP contribution in [-0.4, -0.2) is 10.1 Å². The van der Waals surface area contributed by atoms with Crippen LogP contribution >= 0.6 is 0 Å². The van der Waals surface area contributed by atoms with Crippen LogP contribution in [0, 0.1) is 5.92 Å². The van der Waals surface area contributed by atoms with Crippen LogP contribution in [0.4, 0.5) is 5.95 Å². The first-order valence-electron chi connectivity index (χ1n) is 3.94. The van der Waals surface area contributed by atoms with Crippen molar-refractivity contribution in [2.24, 2.45) is 11.7 Å². The van der Waals surface area contributed by atoms with Crippen LogP contribution in [-0.2, 0) is 0 Å². The minimum Gasteiger partial charge on any atom is -0.365 e. The average Bonchev–Trinajstić information content (AvgIpc) is 2.34. The number of hydrogen-bond acceptors (Lipinski definition) is 5. The van der Waals surface area contributed by atoms with E-state index >= 15 is 0 Å². The summed E-state index contributed by atoms with van der Waals surface area (Å²) in [7, 11) is 0. The van der Waals surface area contributed by atoms with Crippen LogP contribution in [0.25, 0.3) is 0 Å². The standard InChI is InChI=1S/C7H14N4O/c1-4(2)3-5(8)6-10-7(9)11-12-6/h4-5H,3,8H2,1-2H3,(H2,9,11)/t5-/m0/s1. The van der Waals surface area contributed by atoms with E-state index in [1.165, 1.54) is 0 Å². The van der Waals surface area contributed by atoms with Crippen molar-refractivity contribution in [1.82, 2.24) is 10.1 Å². The SMILES string of the molecule is CC(C)C[C@H](N)c1nc(N)no1. The maximum atomic E-state index is 5.76. The third kappa shape index (κ3) is 2.20. The first-order chi connectivity index (χ1) is 5.59. The van der Waals surface area contributed by atoms with Gasteiger partial charge in [0.25, 0.3) is 5.95 Å². The molecule has 12 heavy (non-hydrogen) atoms. The monoisotopic (exact) mass is 170 g/mol. The Hall–Kier alpha value is -1.10. The number of nitrogen functional groups attached to an aromatic ring is 1. The lowest BCUT2D eigenvalue weighted by molar-refractivity contribution is 0.336. The lowest BCUT2D eigenvalue weighted by atomic mass is 10.0. The van der Waals surface area contributed by atoms with Gasteiger partial charge in [-0.2, -0.15) is 4.98 Å². The zero-order valence-corrected chi connectivity index (χ0v) is 7.32. The molecule has 0 saturated heterocycles. The molecule has 5 nitrogen and oxygen atoms in total. The Morgan fingerprint density at radius 1 is 1.50 bits per heavy atom. The quantitative estimate of drug-likeness (QED) is 0.696. The van der Waals surface area contributed by atoms with Gasteiger partial charge in [0.2, 0.25) is 5.89 Å². The molecule has 0 aromatic carbocycles. The second-order valence-corrected chi connectivity index (χ2v) is 3.23. The van der Waals surface area contributed by atoms with Crippen molar-refractivity contribution >= 4 is 5.95 Å². The minimum absolute atomic E-state index is 0.143. The molecule has 68 valence electrons. The molecule has 0 fully saturated rings. The van der Waals surface area contributed by atoms with Crippen molar-refractivity contribution in [2.75, 3.05) is 5.73 Å². The van der Waals surface area contributed by atoms with Crippen molar-refractivity contribution in [3.05, 3.63) is 5.89 Å². The van der Waals surface area contributed by atoms with Crippen LogP contribution in [0.15, 0.2) is 4.52 Å². The topological polar surface area (TPSA) is 91.0 Å². The van der Waals surface area contributed by atoms with Gasteiger partial charge >= 0.3 is 0 Å². The molecule has 0 aliphatic carbocycles. The van der Waals surface area contributed by atoms with Crippen LogP contribution < -0.4 is 11.5 Å². The highest BCUT2D eigenvalue weighted by Crippen LogP contribution is 2.16. The molecular weight excluding hydrogens is 156 g/mol. The minimum atomic E-state index is -0.199. The van der Waals surface area contributed by atoms with E-state index in [0.717, 1.165) is 6.42 Å². The number of aromatic nitrogens is 2. The summed E-state index contributed by atoms with van der Waals surface area (Å²) in [5, 5.41) is 3.46. The fraction of sp³-hybridized carbons (Fsp3) is 0.714. The zero-order chi connectivity index (χ0) is 9.14. The van der Waals surface area contributed by atoms with Gasteiger partial charge in [-0.1, -0.05) is 13.8 Å². The largest absolute Gasteiger partial charge is 0.365 e. The Balaban J connectivity index is 2.58. The van der Waals surface area contributed by atoms with Crippen LogP contribution in [0.5, 0.6) is 0 Å². The van der Waals surface area contributed by atoms with Gasteiger partial charge in [-0.05, 0) is 17.5 Å². The molecule has 0 bridgehead atoms. The number of rotatable bonds is 3. The number of nitrogens with two attached hydrogens (primary N) is 2. The van der Waals surface area contributed by atoms with Crippen molar-refractivity contribution in [1.29, 1.82) is 0 Å². The van der Waals surface area contributed by atoms with Crippen LogP contribution in [0.2, 0.25) is 0 Å². The Bertz CT molecular complexity index is 245. The lowest BCUT2D eigenvalue weighted by Gasteiger charge is -2.08. The Morgan fingerprint density at radius 2 is 2.17 bits per heavy atom. The number of hydrogen-bond donors (Lipinski definition) is 2. The maximum absolute atomic E-state index is 5.76. The van der Waals surface area contributed by atoms with E-state index in [4.69, 9.17) is 16.0 Å². The molecule has 0 amide bonds. The van der Waals surface area contributed by atoms with E-state index < -0.39 is 0 Å². The Morgan fingerprint density at radius 3 is 2.58 bits per heavy atom. The molecule has 1 rings (SSSR count). The Labute approximate surface area is 71.1 Å². The van der Waals surface area contributed by atoms with Crippen molar-refractivity contribution in [2.45, 2.75) is 26.3 Å². The predicted octanol–water partition coefficient (Wildman–Crippen LogP) is 0.698. The summed E-state index contributed by atoms with van der Waals surface area (Å²) in [6, 6.07) is -0.199. The molecule has 1 heterocycles. The maximum Gasteiger partial charge on any atom is 0.260 e. The first kappa shape index (κ1) is 8.99. The lowest BCUT2D eigenvalue weighted by Crippen LogP contribution is -2.13. The second kappa shape index (κ2) is 3.53. The fourth-order valence-corrected chi connectivity index (χ4v) is 1.01. The summed E-state index contributed by atoms with van der Waals surface area (Å²) >= 11 is 0. The molecular formula is C7H14N4O. The molecule has 4 N–H and O–H groups in total. The number of nitrogens with zero attached hydrogens (tertiary/aromatic N) is 2. The smallest absolute Gasteiger partial charge is 0.260 e. The van der Waals surface area contributed by atoms with Gasteiger partial charge in [0.05, 0.1) is 6.04 Å². The zero-order valence-electron chi connectivity index (χ0n) is 7.32. The Kier molecular flexibility index (Phi) is 2.65. The molecule has 0 aliphatic heterocycles. The summed E-state index contributed by atoms with van der Waals surface area (Å²) in [5.74, 6) is 1.07. The highest BCUT2D eigenvalue weighted by Gasteiger charge is 2.14. The van der Waals surface area contributed by atoms with Gasteiger partial charge in [-0.3, -0.25) is 0 Å². The molecule has 1 aromatic rings. The molecule has 0 radical (unpaired) electrons. The summed E-state index contributed by atoms with van der Waals surface area (Å²) < 4.78 is 4.82. The van der Waals surface area contributed by atoms with Gasteiger partial charge < -0.3 is 16.0 Å². The van der Waals surface area contributed by atoms with Crippen molar-refractivity contribution < 1.29 is 4.52 Å². The van der Waals surface area contributed by atoms with Crippen LogP contribution in [0.1, 0.15) is 32.2 Å². The summed E-state index contributed by atoms with van der Waals surface area (Å²) in [6.07, 6.45) is 0.821. The van der Waals surface area contributed by atoms with Crippen molar-refractivity contribution in [3.63, 3.8) is 0 Å². The normalized spacial score (nSPS) is 13.7. The molecule has 0 unspecified atom stereocenters. The van der Waals surface area contributed by atoms with Gasteiger partial charge in [-0.25, -0.2) is 0 Å². The van der Waals surface area contributed by atoms with Gasteiger partial charge in [0, 0.05) is 0 Å². The highest BCUT2D eigenvalue weighted by molar-refractivity contribution is 5.11. The average molecular weight is 170 g/mol. The molecule has 0 saturated carbocycles. The van der Waals surface area contributed by atoms with E-state index in [0.29, 0.717) is 11.8 Å². The van der Waals surface area contributed by atoms with Gasteiger partial charge in [-0.15, -0.1) is 0 Å². The van der Waals surface area contributed by atoms with E-state index in [-0.39, 0.29) is 12.0 Å². The molecule has 5 heteroatoms. The van der Waals surface area contributed by atoms with Crippen LogP contribution in [0.3, 0.4) is 0 Å². The van der Waals surface area contributed by atoms with E-state index in [9.17, 15) is 0 Å². The molecule has 0 aliphatic rings. The fourth-order valence-electron chi connectivity index (χ4n) is 1.01. The number of anilines is 1. The highest BCUT2D eigenvalue weighted by atomic mass is 16.5. The summed E-state index contributed by atoms with van der Waals surface area (Å²) in [4.78, 5) is 3.84. The first-order valence-corrected chi connectivity index (χ1v) is 3.94. The predicted molar refractivity (Wildman–Crippen MR) is 45.1 cm³/mol. The van der Waals surface area contributed by atoms with E-state index in [1.807, 2.05) is 0 Å². The van der Waals surface area contributed by atoms with Gasteiger partial charge in [0.1, 0.15) is 0 Å². The molecule has 1 aromatic heterocycles. The third-order valence-electron chi connectivity index (χ3n) is 1.50. The third-order valence-corrected chi connectivity index (χ3v) is 1.50. The van der Waals surface area contributed by atoms with Crippen molar-refractivity contribution in [3.8, 4) is 0 Å². The van der Waals surface area contributed by atoms with E-state index in [1.54, 1.807) is 0 Å². The van der Waals surface area contributed by atoms with E-state index in [2.05, 4.69) is 24.0 Å². The molecule has 0 spiro atoms. The van der Waals surface area contributed by atoms with Gasteiger partial charge in [0.15, 0.2) is 0 Å². The summed E-state index contributed by atoms with van der Waals surface area (Å²) in [6.45, 7) is 4.17. The summed E-state index contributed by atoms with van der Waals surface area (Å²) in [5.41, 5.74) is 11.0. The second-order valence-electron chi connectivity index (χ2n) is 3.23.